The van der Waals surface area contributed by atoms with E-state index >= 15 is 0 Å². The Morgan fingerprint density at radius 2 is 2.27 bits per heavy atom. The molecule has 0 aliphatic carbocycles. The van der Waals surface area contributed by atoms with Crippen LogP contribution >= 0.6 is 11.3 Å². The molecule has 0 saturated heterocycles. The third kappa shape index (κ3) is 4.96. The summed E-state index contributed by atoms with van der Waals surface area (Å²) < 4.78 is 10.3. The highest BCUT2D eigenvalue weighted by Gasteiger charge is 1.97. The first-order chi connectivity index (χ1) is 7.36. The number of rotatable bonds is 5. The van der Waals surface area contributed by atoms with E-state index in [1.165, 1.54) is 4.88 Å². The molecule has 82 valence electrons. The van der Waals surface area contributed by atoms with Gasteiger partial charge in [0.2, 0.25) is 0 Å². The van der Waals surface area contributed by atoms with Crippen molar-refractivity contribution < 1.29 is 9.47 Å². The molecule has 3 nitrogen and oxygen atoms in total. The number of methoxy groups -OCH3 is 1. The molecule has 0 atom stereocenters. The van der Waals surface area contributed by atoms with Crippen LogP contribution in [0, 0.1) is 11.8 Å². The highest BCUT2D eigenvalue weighted by Crippen LogP contribution is 2.16. The standard InChI is InChI=1S/C11H15NO2S/c1-13-7-8-14-9-11-5-4-10(15-11)3-2-6-12/h4-5H,6-9,12H2,1H3. The highest BCUT2D eigenvalue weighted by atomic mass is 32.1. The summed E-state index contributed by atoms with van der Waals surface area (Å²) in [6, 6.07) is 4.01. The normalized spacial score (nSPS) is 9.73. The molecule has 0 amide bonds. The molecule has 0 aliphatic heterocycles. The van der Waals surface area contributed by atoms with E-state index in [9.17, 15) is 0 Å². The molecule has 1 aromatic rings. The largest absolute Gasteiger partial charge is 0.382 e. The Hall–Kier alpha value is -0.860. The zero-order valence-corrected chi connectivity index (χ0v) is 9.60. The van der Waals surface area contributed by atoms with Gasteiger partial charge in [0.15, 0.2) is 0 Å². The van der Waals surface area contributed by atoms with Crippen molar-refractivity contribution >= 4 is 11.3 Å². The van der Waals surface area contributed by atoms with Crippen molar-refractivity contribution in [2.75, 3.05) is 26.9 Å². The fraction of sp³-hybridized carbons (Fsp3) is 0.455. The molecule has 1 heterocycles. The minimum absolute atomic E-state index is 0.400. The molecule has 0 aromatic carbocycles. The maximum atomic E-state index is 5.39. The van der Waals surface area contributed by atoms with Gasteiger partial charge >= 0.3 is 0 Å². The Labute approximate surface area is 94.2 Å². The van der Waals surface area contributed by atoms with Gasteiger partial charge in [0.1, 0.15) is 0 Å². The van der Waals surface area contributed by atoms with Crippen LogP contribution in [0.1, 0.15) is 9.75 Å². The lowest BCUT2D eigenvalue weighted by atomic mass is 10.4. The van der Waals surface area contributed by atoms with E-state index in [0.29, 0.717) is 26.4 Å². The third-order valence-corrected chi connectivity index (χ3v) is 2.63. The molecule has 1 rings (SSSR count). The lowest BCUT2D eigenvalue weighted by Gasteiger charge is -2.00. The molecule has 0 bridgehead atoms. The number of hydrogen-bond acceptors (Lipinski definition) is 4. The van der Waals surface area contributed by atoms with Crippen molar-refractivity contribution in [2.45, 2.75) is 6.61 Å². The molecule has 2 N–H and O–H groups in total. The van der Waals surface area contributed by atoms with Crippen molar-refractivity contribution in [3.63, 3.8) is 0 Å². The van der Waals surface area contributed by atoms with Crippen LogP contribution < -0.4 is 5.73 Å². The molecule has 0 aliphatic rings. The van der Waals surface area contributed by atoms with E-state index in [4.69, 9.17) is 15.2 Å². The predicted octanol–water partition coefficient (Wildman–Crippen LogP) is 1.22. The fourth-order valence-electron chi connectivity index (χ4n) is 0.976. The van der Waals surface area contributed by atoms with Gasteiger partial charge in [0.05, 0.1) is 31.2 Å². The van der Waals surface area contributed by atoms with Gasteiger partial charge in [-0.15, -0.1) is 11.3 Å². The molecular formula is C11H15NO2S. The number of ether oxygens (including phenoxy) is 2. The Balaban J connectivity index is 2.33. The van der Waals surface area contributed by atoms with E-state index in [2.05, 4.69) is 11.8 Å². The van der Waals surface area contributed by atoms with Crippen molar-refractivity contribution in [3.05, 3.63) is 21.9 Å². The molecule has 4 heteroatoms. The zero-order valence-electron chi connectivity index (χ0n) is 8.79. The summed E-state index contributed by atoms with van der Waals surface area (Å²) in [6.07, 6.45) is 0. The first-order valence-corrected chi connectivity index (χ1v) is 5.53. The van der Waals surface area contributed by atoms with Gasteiger partial charge in [0, 0.05) is 12.0 Å². The Morgan fingerprint density at radius 3 is 3.00 bits per heavy atom. The number of nitrogens with two attached hydrogens (primary N) is 1. The summed E-state index contributed by atoms with van der Waals surface area (Å²) in [4.78, 5) is 2.21. The van der Waals surface area contributed by atoms with Crippen molar-refractivity contribution in [3.8, 4) is 11.8 Å². The number of hydrogen-bond donors (Lipinski definition) is 1. The monoisotopic (exact) mass is 225 g/mol. The second-order valence-electron chi connectivity index (χ2n) is 2.82. The minimum Gasteiger partial charge on any atom is -0.382 e. The van der Waals surface area contributed by atoms with Crippen LogP contribution in [0.25, 0.3) is 0 Å². The van der Waals surface area contributed by atoms with Crippen LogP contribution in [0.5, 0.6) is 0 Å². The summed E-state index contributed by atoms with van der Waals surface area (Å²) in [5.41, 5.74) is 5.29. The maximum absolute atomic E-state index is 5.39. The van der Waals surface area contributed by atoms with E-state index in [0.717, 1.165) is 4.88 Å². The van der Waals surface area contributed by atoms with Crippen LogP contribution in [0.4, 0.5) is 0 Å². The van der Waals surface area contributed by atoms with E-state index < -0.39 is 0 Å². The molecule has 0 spiro atoms. The SMILES string of the molecule is COCCOCc1ccc(C#CCN)s1. The fourth-order valence-corrected chi connectivity index (χ4v) is 1.80. The highest BCUT2D eigenvalue weighted by molar-refractivity contribution is 7.12. The van der Waals surface area contributed by atoms with Crippen molar-refractivity contribution in [1.29, 1.82) is 0 Å². The van der Waals surface area contributed by atoms with E-state index in [-0.39, 0.29) is 0 Å². The lowest BCUT2D eigenvalue weighted by Crippen LogP contribution is -2.00. The van der Waals surface area contributed by atoms with Gasteiger partial charge in [0.25, 0.3) is 0 Å². The van der Waals surface area contributed by atoms with Crippen molar-refractivity contribution in [2.24, 2.45) is 5.73 Å². The smallest absolute Gasteiger partial charge is 0.0810 e. The minimum atomic E-state index is 0.400. The summed E-state index contributed by atoms with van der Waals surface area (Å²) in [6.45, 7) is 2.28. The maximum Gasteiger partial charge on any atom is 0.0810 e. The summed E-state index contributed by atoms with van der Waals surface area (Å²) in [5, 5.41) is 0. The summed E-state index contributed by atoms with van der Waals surface area (Å²) in [5.74, 6) is 5.81. The summed E-state index contributed by atoms with van der Waals surface area (Å²) >= 11 is 1.64. The average molecular weight is 225 g/mol. The summed E-state index contributed by atoms with van der Waals surface area (Å²) in [7, 11) is 1.66. The number of thiophene rings is 1. The van der Waals surface area contributed by atoms with Crippen LogP contribution in [0.3, 0.4) is 0 Å². The van der Waals surface area contributed by atoms with Gasteiger partial charge in [-0.1, -0.05) is 11.8 Å². The zero-order chi connectivity index (χ0) is 10.9. The Bertz CT molecular complexity index is 338. The topological polar surface area (TPSA) is 44.5 Å². The average Bonchev–Trinajstić information content (AvgIpc) is 2.69. The lowest BCUT2D eigenvalue weighted by molar-refractivity contribution is 0.0628. The quantitative estimate of drug-likeness (QED) is 0.605. The third-order valence-electron chi connectivity index (χ3n) is 1.65. The molecule has 0 fully saturated rings. The predicted molar refractivity (Wildman–Crippen MR) is 61.8 cm³/mol. The molecule has 0 saturated carbocycles. The molecule has 0 radical (unpaired) electrons. The molecular weight excluding hydrogens is 210 g/mol. The van der Waals surface area contributed by atoms with Gasteiger partial charge in [-0.3, -0.25) is 0 Å². The van der Waals surface area contributed by atoms with Gasteiger partial charge < -0.3 is 15.2 Å². The molecule has 15 heavy (non-hydrogen) atoms. The first-order valence-electron chi connectivity index (χ1n) is 4.71. The van der Waals surface area contributed by atoms with Crippen LogP contribution in [0.15, 0.2) is 12.1 Å². The van der Waals surface area contributed by atoms with Crippen LogP contribution in [-0.4, -0.2) is 26.9 Å². The second kappa shape index (κ2) is 7.43. The second-order valence-corrected chi connectivity index (χ2v) is 3.99. The van der Waals surface area contributed by atoms with Crippen LogP contribution in [-0.2, 0) is 16.1 Å². The van der Waals surface area contributed by atoms with E-state index in [1.54, 1.807) is 18.4 Å². The molecule has 0 unspecified atom stereocenters. The molecule has 1 aromatic heterocycles. The first kappa shape index (κ1) is 12.2. The van der Waals surface area contributed by atoms with Crippen molar-refractivity contribution in [1.82, 2.24) is 0 Å². The van der Waals surface area contributed by atoms with Gasteiger partial charge in [-0.2, -0.15) is 0 Å². The van der Waals surface area contributed by atoms with E-state index in [1.807, 2.05) is 12.1 Å². The Morgan fingerprint density at radius 1 is 1.40 bits per heavy atom. The van der Waals surface area contributed by atoms with Gasteiger partial charge in [-0.25, -0.2) is 0 Å². The van der Waals surface area contributed by atoms with Crippen LogP contribution in [0.2, 0.25) is 0 Å². The Kier molecular flexibility index (Phi) is 6.05. The van der Waals surface area contributed by atoms with Gasteiger partial charge in [-0.05, 0) is 12.1 Å².